The van der Waals surface area contributed by atoms with Crippen LogP contribution in [0.5, 0.6) is 0 Å². The lowest BCUT2D eigenvalue weighted by Gasteiger charge is -2.26. The molecule has 25 rings (SSSR count). The predicted octanol–water partition coefficient (Wildman–Crippen LogP) is 34.1. The van der Waals surface area contributed by atoms with E-state index in [0.29, 0.717) is 6.04 Å². The van der Waals surface area contributed by atoms with Crippen molar-refractivity contribution in [2.24, 2.45) is 0 Å². The minimum atomic E-state index is 0.0875. The molecule has 0 fully saturated rings. The van der Waals surface area contributed by atoms with E-state index in [-0.39, 0.29) is 5.41 Å². The second-order valence-corrected chi connectivity index (χ2v) is 36.8. The molecule has 0 saturated heterocycles. The van der Waals surface area contributed by atoms with E-state index in [4.69, 9.17) is 15.0 Å². The molecule has 0 aliphatic rings. The molecule has 0 unspecified atom stereocenters. The first-order valence-corrected chi connectivity index (χ1v) is 48.0. The molecule has 19 aromatic carbocycles. The van der Waals surface area contributed by atoms with Gasteiger partial charge in [0, 0.05) is 136 Å². The minimum Gasteiger partial charge on any atom is -0.324 e. The number of rotatable bonds is 19. The molecule has 12 heteroatoms. The molecular formula is C127H102N12. The Morgan fingerprint density at radius 3 is 0.791 bits per heavy atom. The van der Waals surface area contributed by atoms with Gasteiger partial charge in [-0.25, -0.2) is 15.0 Å². The van der Waals surface area contributed by atoms with Crippen molar-refractivity contribution in [2.75, 3.05) is 14.7 Å². The number of fused-ring (bicyclic) bond motifs is 12. The van der Waals surface area contributed by atoms with Gasteiger partial charge in [-0.2, -0.15) is 0 Å². The Labute approximate surface area is 809 Å². The Bertz CT molecular complexity index is 8560. The quantitative estimate of drug-likeness (QED) is 0.0803. The van der Waals surface area contributed by atoms with E-state index in [1.165, 1.54) is 76.5 Å². The van der Waals surface area contributed by atoms with Gasteiger partial charge in [0.1, 0.15) is 17.5 Å². The fourth-order valence-corrected chi connectivity index (χ4v) is 20.3. The van der Waals surface area contributed by atoms with Gasteiger partial charge in [-0.05, 0) is 298 Å². The van der Waals surface area contributed by atoms with Crippen molar-refractivity contribution in [3.05, 3.63) is 485 Å². The molecule has 6 aromatic heterocycles. The molecule has 670 valence electrons. The zero-order valence-electron chi connectivity index (χ0n) is 78.5. The van der Waals surface area contributed by atoms with Gasteiger partial charge in [-0.3, -0.25) is 4.57 Å². The molecule has 0 aliphatic carbocycles. The number of hydrogen-bond acceptors (Lipinski definition) is 6. The minimum absolute atomic E-state index is 0.0875. The van der Waals surface area contributed by atoms with Crippen LogP contribution >= 0.6 is 0 Å². The van der Waals surface area contributed by atoms with Crippen LogP contribution in [0.2, 0.25) is 0 Å². The van der Waals surface area contributed by atoms with Crippen LogP contribution in [0.4, 0.5) is 51.2 Å². The second-order valence-electron chi connectivity index (χ2n) is 36.8. The molecule has 0 bridgehead atoms. The Balaban J connectivity index is 0.000000117. The second kappa shape index (κ2) is 36.6. The molecule has 139 heavy (non-hydrogen) atoms. The van der Waals surface area contributed by atoms with Crippen molar-refractivity contribution in [3.63, 3.8) is 0 Å². The van der Waals surface area contributed by atoms with E-state index in [1.807, 2.05) is 0 Å². The van der Waals surface area contributed by atoms with Crippen molar-refractivity contribution in [2.45, 2.75) is 66.0 Å². The van der Waals surface area contributed by atoms with E-state index < -0.39 is 0 Å². The van der Waals surface area contributed by atoms with Crippen molar-refractivity contribution >= 4 is 150 Å². The summed E-state index contributed by atoms with van der Waals surface area (Å²) in [4.78, 5) is 22.1. The first-order valence-electron chi connectivity index (χ1n) is 48.0. The highest BCUT2D eigenvalue weighted by molar-refractivity contribution is 6.12. The summed E-state index contributed by atoms with van der Waals surface area (Å²) >= 11 is 0. The van der Waals surface area contributed by atoms with Crippen LogP contribution in [0.1, 0.15) is 59.6 Å². The van der Waals surface area contributed by atoms with Gasteiger partial charge >= 0.3 is 0 Å². The van der Waals surface area contributed by atoms with Crippen molar-refractivity contribution in [3.8, 4) is 56.9 Å². The molecule has 0 aliphatic heterocycles. The summed E-state index contributed by atoms with van der Waals surface area (Å²) < 4.78 is 14.0. The summed E-state index contributed by atoms with van der Waals surface area (Å²) in [5.41, 5.74) is 32.8. The molecule has 25 aromatic rings. The zero-order valence-corrected chi connectivity index (χ0v) is 78.5. The largest absolute Gasteiger partial charge is 0.324 e. The van der Waals surface area contributed by atoms with Gasteiger partial charge in [0.2, 0.25) is 0 Å². The zero-order chi connectivity index (χ0) is 93.6. The lowest BCUT2D eigenvalue weighted by molar-refractivity contribution is 0.590. The van der Waals surface area contributed by atoms with Gasteiger partial charge in [0.05, 0.1) is 66.2 Å². The van der Waals surface area contributed by atoms with Gasteiger partial charge in [0.25, 0.3) is 0 Å². The number of anilines is 9. The standard InChI is InChI=1S/C47H38N4.2C40H32N4/c1-47(2,3)34-23-27-39(28-24-34)51-45-20-12-9-17-42(45)48-46(51)33-21-25-36(26-22-33)49(35-13-5-4-6-14-35)37-29-31-38(32-30-37)50-43-18-10-7-15-40(43)41-16-8-11-19-44(41)50;1-28(2)42-39-19-11-8-16-36(39)41-40(42)29-20-22-31(23-21-29)43(30-12-4-3-5-13-30)32-24-26-33(27-25-32)44-37-17-9-6-14-34(37)35-15-7-10-18-38(35)44;1-2-28-42-39-19-11-8-16-36(39)41-40(42)29-20-22-31(23-21-29)43(30-12-4-3-5-13-30)32-24-26-33(27-25-32)44-37-17-9-6-14-34(37)35-15-7-10-18-38(35)44/h4-32H,1-3H3;3-28H,1-2H3;3-27H,2,28H2,1H3. The van der Waals surface area contributed by atoms with Crippen LogP contribution in [-0.4, -0.2) is 42.4 Å². The molecule has 0 amide bonds. The average Bonchev–Trinajstić information content (AvgIpc) is 1.60. The highest BCUT2D eigenvalue weighted by Gasteiger charge is 2.25. The molecule has 0 radical (unpaired) electrons. The summed E-state index contributed by atoms with van der Waals surface area (Å²) in [6, 6.07) is 171. The average molecular weight is 1800 g/mol. The first-order chi connectivity index (χ1) is 68.4. The smallest absolute Gasteiger partial charge is 0.145 e. The van der Waals surface area contributed by atoms with E-state index in [0.717, 1.165) is 149 Å². The van der Waals surface area contributed by atoms with Crippen molar-refractivity contribution in [1.29, 1.82) is 0 Å². The van der Waals surface area contributed by atoms with Crippen LogP contribution in [0, 0.1) is 0 Å². The summed E-state index contributed by atoms with van der Waals surface area (Å²) in [6.45, 7) is 14.3. The number of aryl methyl sites for hydroxylation is 1. The summed E-state index contributed by atoms with van der Waals surface area (Å²) in [5, 5.41) is 7.60. The number of imidazole rings is 3. The predicted molar refractivity (Wildman–Crippen MR) is 583 cm³/mol. The third kappa shape index (κ3) is 16.0. The van der Waals surface area contributed by atoms with Crippen LogP contribution in [0.25, 0.3) is 155 Å². The fraction of sp³-hybridized carbons (Fsp3) is 0.0787. The number of para-hydroxylation sites is 15. The number of aromatic nitrogens is 9. The summed E-state index contributed by atoms with van der Waals surface area (Å²) in [7, 11) is 0. The normalized spacial score (nSPS) is 11.6. The van der Waals surface area contributed by atoms with Crippen LogP contribution in [-0.2, 0) is 12.0 Å². The van der Waals surface area contributed by atoms with Crippen molar-refractivity contribution < 1.29 is 0 Å². The van der Waals surface area contributed by atoms with Crippen LogP contribution in [0.3, 0.4) is 0 Å². The number of nitrogens with zero attached hydrogens (tertiary/aromatic N) is 12. The lowest BCUT2D eigenvalue weighted by Crippen LogP contribution is -2.11. The fourth-order valence-electron chi connectivity index (χ4n) is 20.3. The van der Waals surface area contributed by atoms with Gasteiger partial charge in [-0.1, -0.05) is 240 Å². The van der Waals surface area contributed by atoms with E-state index in [2.05, 4.69) is 563 Å². The molecule has 0 saturated carbocycles. The third-order valence-corrected chi connectivity index (χ3v) is 26.8. The maximum Gasteiger partial charge on any atom is 0.145 e. The van der Waals surface area contributed by atoms with Crippen LogP contribution < -0.4 is 14.7 Å². The molecule has 0 N–H and O–H groups in total. The lowest BCUT2D eigenvalue weighted by atomic mass is 9.87. The van der Waals surface area contributed by atoms with E-state index in [1.54, 1.807) is 0 Å². The monoisotopic (exact) mass is 1790 g/mol. The molecular weight excluding hydrogens is 1690 g/mol. The topological polar surface area (TPSA) is 78.0 Å². The SMILES string of the molecule is CC(C)(C)c1ccc(-n2c(-c3ccc(N(c4ccccc4)c4ccc(-n5c6ccccc6c6ccccc65)cc4)cc3)nc3ccccc32)cc1.CC(C)n1c(-c2ccc(N(c3ccccc3)c3ccc(-n4c5ccccc5c5ccccc54)cc3)cc2)nc2ccccc21.CCCn1c(-c2ccc(N(c3ccccc3)c3ccc(-n4c5ccccc5c5ccccc54)cc3)cc2)nc2ccccc21. The highest BCUT2D eigenvalue weighted by atomic mass is 15.2. The maximum absolute atomic E-state index is 5.15. The summed E-state index contributed by atoms with van der Waals surface area (Å²) in [6.07, 6.45) is 1.05. The molecule has 6 heterocycles. The first kappa shape index (κ1) is 85.6. The Morgan fingerprint density at radius 2 is 0.460 bits per heavy atom. The van der Waals surface area contributed by atoms with Crippen molar-refractivity contribution in [1.82, 2.24) is 42.4 Å². The highest BCUT2D eigenvalue weighted by Crippen LogP contribution is 2.45. The van der Waals surface area contributed by atoms with E-state index >= 15 is 0 Å². The Hall–Kier alpha value is -17.6. The molecule has 0 atom stereocenters. The molecule has 0 spiro atoms. The van der Waals surface area contributed by atoms with E-state index in [9.17, 15) is 0 Å². The van der Waals surface area contributed by atoms with Gasteiger partial charge in [-0.15, -0.1) is 0 Å². The third-order valence-electron chi connectivity index (χ3n) is 26.8. The Kier molecular flexibility index (Phi) is 22.6. The van der Waals surface area contributed by atoms with Crippen LogP contribution in [0.15, 0.2) is 479 Å². The summed E-state index contributed by atoms with van der Waals surface area (Å²) in [5.74, 6) is 2.93. The number of hydrogen-bond donors (Lipinski definition) is 0. The number of benzene rings is 19. The molecule has 12 nitrogen and oxygen atoms in total. The van der Waals surface area contributed by atoms with Gasteiger partial charge < -0.3 is 37.5 Å². The maximum atomic E-state index is 5.15. The van der Waals surface area contributed by atoms with Gasteiger partial charge in [0.15, 0.2) is 0 Å². The Morgan fingerprint density at radius 1 is 0.223 bits per heavy atom.